The Hall–Kier alpha value is -2.70. The third-order valence-electron chi connectivity index (χ3n) is 2.99. The van der Waals surface area contributed by atoms with Gasteiger partial charge in [0.25, 0.3) is 5.89 Å². The van der Waals surface area contributed by atoms with E-state index in [0.717, 1.165) is 5.56 Å². The van der Waals surface area contributed by atoms with Crippen LogP contribution in [0.1, 0.15) is 19.9 Å². The highest BCUT2D eigenvalue weighted by Crippen LogP contribution is 2.22. The van der Waals surface area contributed by atoms with Crippen molar-refractivity contribution in [3.05, 3.63) is 30.6 Å². The molecule has 0 aliphatic carbocycles. The molecule has 3 rings (SSSR count). The minimum Gasteiger partial charge on any atom is -0.481 e. The van der Waals surface area contributed by atoms with Crippen LogP contribution in [0, 0.1) is 0 Å². The molecule has 0 aliphatic rings. The van der Waals surface area contributed by atoms with Gasteiger partial charge in [-0.2, -0.15) is 10.1 Å². The van der Waals surface area contributed by atoms with Crippen LogP contribution in [-0.2, 0) is 0 Å². The zero-order valence-electron chi connectivity index (χ0n) is 12.0. The fourth-order valence-electron chi connectivity index (χ4n) is 1.82. The van der Waals surface area contributed by atoms with Crippen molar-refractivity contribution >= 4 is 0 Å². The lowest BCUT2D eigenvalue weighted by Gasteiger charge is -2.02. The van der Waals surface area contributed by atoms with Crippen molar-refractivity contribution in [3.8, 4) is 28.9 Å². The number of hydrogen-bond donors (Lipinski definition) is 0. The van der Waals surface area contributed by atoms with E-state index in [2.05, 4.69) is 34.1 Å². The quantitative estimate of drug-likeness (QED) is 0.733. The molecule has 0 amide bonds. The van der Waals surface area contributed by atoms with E-state index in [4.69, 9.17) is 9.26 Å². The van der Waals surface area contributed by atoms with Crippen molar-refractivity contribution in [1.29, 1.82) is 0 Å². The van der Waals surface area contributed by atoms with Gasteiger partial charge >= 0.3 is 0 Å². The van der Waals surface area contributed by atoms with Crippen LogP contribution in [0.5, 0.6) is 5.88 Å². The highest BCUT2D eigenvalue weighted by Gasteiger charge is 2.14. The van der Waals surface area contributed by atoms with Crippen LogP contribution in [-0.4, -0.2) is 32.0 Å². The van der Waals surface area contributed by atoms with Gasteiger partial charge in [0.05, 0.1) is 7.11 Å². The average molecular weight is 285 g/mol. The van der Waals surface area contributed by atoms with Gasteiger partial charge in [-0.3, -0.25) is 4.68 Å². The summed E-state index contributed by atoms with van der Waals surface area (Å²) >= 11 is 0. The van der Waals surface area contributed by atoms with Crippen molar-refractivity contribution in [2.24, 2.45) is 0 Å². The lowest BCUT2D eigenvalue weighted by Crippen LogP contribution is -2.00. The van der Waals surface area contributed by atoms with Crippen LogP contribution >= 0.6 is 0 Å². The Morgan fingerprint density at radius 1 is 1.24 bits per heavy atom. The number of rotatable bonds is 4. The van der Waals surface area contributed by atoms with Gasteiger partial charge in [0.15, 0.2) is 5.69 Å². The first kappa shape index (κ1) is 13.3. The normalized spacial score (nSPS) is 11.0. The van der Waals surface area contributed by atoms with E-state index in [1.807, 2.05) is 23.0 Å². The molecule has 0 saturated carbocycles. The molecule has 3 aromatic rings. The Balaban J connectivity index is 1.87. The zero-order chi connectivity index (χ0) is 14.8. The van der Waals surface area contributed by atoms with Crippen molar-refractivity contribution in [1.82, 2.24) is 24.9 Å². The summed E-state index contributed by atoms with van der Waals surface area (Å²) in [6, 6.07) is 5.71. The topological polar surface area (TPSA) is 78.9 Å². The molecule has 108 valence electrons. The maximum Gasteiger partial charge on any atom is 0.278 e. The second kappa shape index (κ2) is 5.35. The first-order valence-electron chi connectivity index (χ1n) is 6.57. The van der Waals surface area contributed by atoms with E-state index in [-0.39, 0.29) is 6.04 Å². The second-order valence-corrected chi connectivity index (χ2v) is 4.79. The molecule has 0 radical (unpaired) electrons. The molecule has 3 heterocycles. The third kappa shape index (κ3) is 2.62. The van der Waals surface area contributed by atoms with E-state index < -0.39 is 0 Å². The monoisotopic (exact) mass is 285 g/mol. The van der Waals surface area contributed by atoms with Gasteiger partial charge in [0, 0.05) is 30.1 Å². The molecule has 0 unspecified atom stereocenters. The van der Waals surface area contributed by atoms with E-state index in [1.165, 1.54) is 0 Å². The molecule has 7 heteroatoms. The molecule has 0 saturated heterocycles. The molecule has 0 N–H and O–H groups in total. The SMILES string of the molecule is COc1ccc(-c2noc(-c3ccn(C(C)C)n3)n2)cn1. The van der Waals surface area contributed by atoms with E-state index in [9.17, 15) is 0 Å². The Morgan fingerprint density at radius 2 is 2.10 bits per heavy atom. The van der Waals surface area contributed by atoms with Crippen molar-refractivity contribution in [3.63, 3.8) is 0 Å². The maximum atomic E-state index is 5.26. The van der Waals surface area contributed by atoms with Gasteiger partial charge < -0.3 is 9.26 Å². The minimum absolute atomic E-state index is 0.284. The number of ether oxygens (including phenoxy) is 1. The van der Waals surface area contributed by atoms with Crippen molar-refractivity contribution in [2.45, 2.75) is 19.9 Å². The van der Waals surface area contributed by atoms with Gasteiger partial charge in [-0.15, -0.1) is 0 Å². The standard InChI is InChI=1S/C14H15N5O2/c1-9(2)19-7-6-11(17-19)14-16-13(18-21-14)10-4-5-12(20-3)15-8-10/h4-9H,1-3H3. The molecule has 0 aromatic carbocycles. The maximum absolute atomic E-state index is 5.26. The highest BCUT2D eigenvalue weighted by molar-refractivity contribution is 5.56. The van der Waals surface area contributed by atoms with Gasteiger partial charge in [-0.05, 0) is 26.0 Å². The molecule has 0 atom stereocenters. The Morgan fingerprint density at radius 3 is 2.71 bits per heavy atom. The number of methoxy groups -OCH3 is 1. The van der Waals surface area contributed by atoms with Crippen molar-refractivity contribution < 1.29 is 9.26 Å². The number of pyridine rings is 1. The smallest absolute Gasteiger partial charge is 0.278 e. The molecular weight excluding hydrogens is 270 g/mol. The lowest BCUT2D eigenvalue weighted by atomic mass is 10.3. The summed E-state index contributed by atoms with van der Waals surface area (Å²) < 4.78 is 12.1. The third-order valence-corrected chi connectivity index (χ3v) is 2.99. The van der Waals surface area contributed by atoms with Gasteiger partial charge in [-0.1, -0.05) is 5.16 Å². The van der Waals surface area contributed by atoms with Crippen molar-refractivity contribution in [2.75, 3.05) is 7.11 Å². The first-order chi connectivity index (χ1) is 10.2. The highest BCUT2D eigenvalue weighted by atomic mass is 16.5. The zero-order valence-corrected chi connectivity index (χ0v) is 12.0. The number of nitrogens with zero attached hydrogens (tertiary/aromatic N) is 5. The Labute approximate surface area is 121 Å². The average Bonchev–Trinajstić information content (AvgIpc) is 3.16. The van der Waals surface area contributed by atoms with Gasteiger partial charge in [0.1, 0.15) is 0 Å². The summed E-state index contributed by atoms with van der Waals surface area (Å²) in [5.41, 5.74) is 1.41. The van der Waals surface area contributed by atoms with Crippen LogP contribution in [0.4, 0.5) is 0 Å². The van der Waals surface area contributed by atoms with Gasteiger partial charge in [-0.25, -0.2) is 4.98 Å². The van der Waals surface area contributed by atoms with Crippen LogP contribution < -0.4 is 4.74 Å². The molecule has 7 nitrogen and oxygen atoms in total. The summed E-state index contributed by atoms with van der Waals surface area (Å²) in [5.74, 6) is 1.40. The van der Waals surface area contributed by atoms with Crippen LogP contribution in [0.25, 0.3) is 23.0 Å². The summed E-state index contributed by atoms with van der Waals surface area (Å²) in [5, 5.41) is 8.36. The van der Waals surface area contributed by atoms with Gasteiger partial charge in [0.2, 0.25) is 11.7 Å². The predicted molar refractivity (Wildman–Crippen MR) is 75.7 cm³/mol. The molecule has 0 bridgehead atoms. The summed E-state index contributed by atoms with van der Waals surface area (Å²) in [4.78, 5) is 8.46. The largest absolute Gasteiger partial charge is 0.481 e. The number of aromatic nitrogens is 5. The van der Waals surface area contributed by atoms with Crippen LogP contribution in [0.15, 0.2) is 35.1 Å². The fourth-order valence-corrected chi connectivity index (χ4v) is 1.82. The van der Waals surface area contributed by atoms with E-state index in [1.54, 1.807) is 19.4 Å². The molecule has 0 aliphatic heterocycles. The number of hydrogen-bond acceptors (Lipinski definition) is 6. The summed E-state index contributed by atoms with van der Waals surface area (Å²) in [7, 11) is 1.57. The van der Waals surface area contributed by atoms with Crippen LogP contribution in [0.2, 0.25) is 0 Å². The molecule has 21 heavy (non-hydrogen) atoms. The molecular formula is C14H15N5O2. The Kier molecular flexibility index (Phi) is 3.39. The lowest BCUT2D eigenvalue weighted by molar-refractivity contribution is 0.398. The molecule has 3 aromatic heterocycles. The minimum atomic E-state index is 0.284. The second-order valence-electron chi connectivity index (χ2n) is 4.79. The fraction of sp³-hybridized carbons (Fsp3) is 0.286. The first-order valence-corrected chi connectivity index (χ1v) is 6.57. The van der Waals surface area contributed by atoms with Crippen LogP contribution in [0.3, 0.4) is 0 Å². The summed E-state index contributed by atoms with van der Waals surface area (Å²) in [6.45, 7) is 4.11. The molecule has 0 fully saturated rings. The predicted octanol–water partition coefficient (Wildman–Crippen LogP) is 2.58. The van der Waals surface area contributed by atoms with E-state index in [0.29, 0.717) is 23.3 Å². The molecule has 0 spiro atoms. The summed E-state index contributed by atoms with van der Waals surface area (Å²) in [6.07, 6.45) is 3.53. The Bertz CT molecular complexity index is 730. The van der Waals surface area contributed by atoms with E-state index >= 15 is 0 Å².